The molecule has 6 aromatic rings. The first-order valence-electron chi connectivity index (χ1n) is 17.7. The van der Waals surface area contributed by atoms with E-state index >= 15 is 0 Å². The fourth-order valence-electron chi connectivity index (χ4n) is 9.59. The molecule has 9 rings (SSSR count). The minimum Gasteiger partial charge on any atom is -0.371 e. The van der Waals surface area contributed by atoms with Crippen molar-refractivity contribution in [2.75, 3.05) is 22.9 Å². The van der Waals surface area contributed by atoms with Crippen LogP contribution in [-0.2, 0) is 17.6 Å². The Morgan fingerprint density at radius 2 is 1.38 bits per heavy atom. The topological polar surface area (TPSA) is 23.6 Å². The molecular weight excluding hydrogens is 572 g/mol. The Kier molecular flexibility index (Phi) is 7.03. The number of aryl methyl sites for hydroxylation is 1. The smallest absolute Gasteiger partial charge is 0.143 e. The molecule has 0 aromatic heterocycles. The molecule has 0 N–H and O–H groups in total. The molecule has 47 heavy (non-hydrogen) atoms. The normalized spacial score (nSPS) is 21.3. The highest BCUT2D eigenvalue weighted by molar-refractivity contribution is 6.08. The third kappa shape index (κ3) is 4.58. The van der Waals surface area contributed by atoms with E-state index in [2.05, 4.69) is 126 Å². The van der Waals surface area contributed by atoms with Gasteiger partial charge in [-0.15, -0.1) is 0 Å². The second-order valence-electron chi connectivity index (χ2n) is 14.1. The van der Waals surface area contributed by atoms with E-state index < -0.39 is 0 Å². The minimum atomic E-state index is -0.0570. The summed E-state index contributed by atoms with van der Waals surface area (Å²) in [4.78, 5) is 17.7. The van der Waals surface area contributed by atoms with E-state index in [1.807, 2.05) is 0 Å². The van der Waals surface area contributed by atoms with Gasteiger partial charge in [0.15, 0.2) is 0 Å². The van der Waals surface area contributed by atoms with Crippen molar-refractivity contribution >= 4 is 50.0 Å². The van der Waals surface area contributed by atoms with Crippen molar-refractivity contribution in [2.24, 2.45) is 0 Å². The molecule has 0 radical (unpaired) electrons. The van der Waals surface area contributed by atoms with E-state index in [9.17, 15) is 4.79 Å². The molecule has 3 unspecified atom stereocenters. The summed E-state index contributed by atoms with van der Waals surface area (Å²) in [6.45, 7) is 4.24. The van der Waals surface area contributed by atoms with Crippen LogP contribution in [0, 0.1) is 0 Å². The van der Waals surface area contributed by atoms with Crippen molar-refractivity contribution in [2.45, 2.75) is 69.4 Å². The molecule has 1 aliphatic carbocycles. The van der Waals surface area contributed by atoms with Gasteiger partial charge in [0.25, 0.3) is 0 Å². The maximum atomic E-state index is 12.5. The average Bonchev–Trinajstić information content (AvgIpc) is 3.47. The van der Waals surface area contributed by atoms with Gasteiger partial charge in [0.05, 0.1) is 6.04 Å². The number of hydrogen-bond donors (Lipinski definition) is 0. The summed E-state index contributed by atoms with van der Waals surface area (Å²) in [5.74, 6) is 0.782. The quantitative estimate of drug-likeness (QED) is 0.143. The Labute approximate surface area is 277 Å². The fourth-order valence-corrected chi connectivity index (χ4v) is 9.59. The number of carbonyl (C=O) groups excluding carboxylic acids is 1. The standard InChI is InChI=1S/C44H42N2O/c1-2-34-41-13-7-8-14-42(41)46(43(34)28-47)33-23-25-45(26-24-33)44-37-12-6-4-10-30(37)15-20-38(44)32-17-19-36-31(27-32)18-22-39-35-11-5-3-9-29(35)16-21-40(36)39/h3-16,18,20-22,28,32-34,43H,2,17,19,23-27H2,1H3. The molecule has 2 heterocycles. The summed E-state index contributed by atoms with van der Waals surface area (Å²) in [6.07, 6.45) is 7.71. The van der Waals surface area contributed by atoms with Gasteiger partial charge in [0.2, 0.25) is 0 Å². The Balaban J connectivity index is 1.04. The lowest BCUT2D eigenvalue weighted by Gasteiger charge is -2.42. The van der Waals surface area contributed by atoms with E-state index in [-0.39, 0.29) is 12.0 Å². The van der Waals surface area contributed by atoms with Crippen LogP contribution in [0.5, 0.6) is 0 Å². The number of benzene rings is 6. The molecule has 0 spiro atoms. The molecule has 3 heteroatoms. The van der Waals surface area contributed by atoms with Crippen molar-refractivity contribution in [1.82, 2.24) is 0 Å². The third-order valence-corrected chi connectivity index (χ3v) is 11.8. The second-order valence-corrected chi connectivity index (χ2v) is 14.1. The Morgan fingerprint density at radius 3 is 2.19 bits per heavy atom. The number of rotatable bonds is 5. The van der Waals surface area contributed by atoms with Crippen molar-refractivity contribution in [3.8, 4) is 0 Å². The number of fused-ring (bicyclic) bond motifs is 7. The van der Waals surface area contributed by atoms with Crippen LogP contribution in [0.2, 0.25) is 0 Å². The molecule has 3 atom stereocenters. The monoisotopic (exact) mass is 614 g/mol. The van der Waals surface area contributed by atoms with E-state index in [1.165, 1.54) is 73.1 Å². The average molecular weight is 615 g/mol. The van der Waals surface area contributed by atoms with Gasteiger partial charge in [0, 0.05) is 41.8 Å². The van der Waals surface area contributed by atoms with Gasteiger partial charge in [-0.3, -0.25) is 0 Å². The van der Waals surface area contributed by atoms with Crippen LogP contribution in [0.15, 0.2) is 109 Å². The number of nitrogens with zero attached hydrogens (tertiary/aromatic N) is 2. The maximum absolute atomic E-state index is 12.5. The first-order chi connectivity index (χ1) is 23.2. The van der Waals surface area contributed by atoms with E-state index in [1.54, 1.807) is 5.56 Å². The lowest BCUT2D eigenvalue weighted by molar-refractivity contribution is -0.109. The zero-order valence-electron chi connectivity index (χ0n) is 27.2. The van der Waals surface area contributed by atoms with Gasteiger partial charge >= 0.3 is 0 Å². The molecule has 0 amide bonds. The van der Waals surface area contributed by atoms with Crippen molar-refractivity contribution in [1.29, 1.82) is 0 Å². The summed E-state index contributed by atoms with van der Waals surface area (Å²) in [7, 11) is 0. The van der Waals surface area contributed by atoms with Gasteiger partial charge in [-0.25, -0.2) is 0 Å². The molecular formula is C44H42N2O. The van der Waals surface area contributed by atoms with Crippen LogP contribution in [0.1, 0.15) is 66.7 Å². The second kappa shape index (κ2) is 11.6. The van der Waals surface area contributed by atoms with Gasteiger partial charge in [-0.1, -0.05) is 110 Å². The Bertz CT molecular complexity index is 2140. The van der Waals surface area contributed by atoms with E-state index in [0.29, 0.717) is 12.0 Å². The van der Waals surface area contributed by atoms with Gasteiger partial charge < -0.3 is 14.6 Å². The largest absolute Gasteiger partial charge is 0.371 e. The van der Waals surface area contributed by atoms with Crippen LogP contribution in [-0.4, -0.2) is 31.5 Å². The first-order valence-corrected chi connectivity index (χ1v) is 17.7. The number of aldehydes is 1. The molecule has 3 aliphatic rings. The van der Waals surface area contributed by atoms with Crippen molar-refractivity contribution in [3.05, 3.63) is 131 Å². The number of hydrogen-bond acceptors (Lipinski definition) is 3. The third-order valence-electron chi connectivity index (χ3n) is 11.8. The molecule has 6 aromatic carbocycles. The highest BCUT2D eigenvalue weighted by Gasteiger charge is 2.41. The molecule has 1 fully saturated rings. The SMILES string of the molecule is CCC1c2ccccc2N(C2CCN(c3c(C4CCc5c(ccc6c5ccc5ccccc56)C4)ccc4ccccc34)CC2)C1C=O. The van der Waals surface area contributed by atoms with Crippen LogP contribution >= 0.6 is 0 Å². The molecule has 234 valence electrons. The number of piperidine rings is 1. The summed E-state index contributed by atoms with van der Waals surface area (Å²) >= 11 is 0. The van der Waals surface area contributed by atoms with Crippen LogP contribution in [0.3, 0.4) is 0 Å². The number of carbonyl (C=O) groups is 1. The zero-order valence-corrected chi connectivity index (χ0v) is 27.2. The minimum absolute atomic E-state index is 0.0570. The molecule has 3 nitrogen and oxygen atoms in total. The summed E-state index contributed by atoms with van der Waals surface area (Å²) in [5.41, 5.74) is 8.65. The molecule has 0 bridgehead atoms. The highest BCUT2D eigenvalue weighted by atomic mass is 16.1. The first kappa shape index (κ1) is 28.6. The predicted octanol–water partition coefficient (Wildman–Crippen LogP) is 9.97. The summed E-state index contributed by atoms with van der Waals surface area (Å²) in [6, 6.07) is 41.1. The summed E-state index contributed by atoms with van der Waals surface area (Å²) in [5, 5.41) is 8.20. The van der Waals surface area contributed by atoms with Gasteiger partial charge in [-0.2, -0.15) is 0 Å². The predicted molar refractivity (Wildman–Crippen MR) is 197 cm³/mol. The highest BCUT2D eigenvalue weighted by Crippen LogP contribution is 2.47. The van der Waals surface area contributed by atoms with Gasteiger partial charge in [-0.05, 0) is 99.7 Å². The van der Waals surface area contributed by atoms with Crippen molar-refractivity contribution < 1.29 is 4.79 Å². The Hall–Kier alpha value is -4.63. The fraction of sp³-hybridized carbons (Fsp3) is 0.295. The molecule has 1 saturated heterocycles. The molecule has 2 aliphatic heterocycles. The van der Waals surface area contributed by atoms with Crippen LogP contribution < -0.4 is 9.80 Å². The van der Waals surface area contributed by atoms with Crippen molar-refractivity contribution in [3.63, 3.8) is 0 Å². The van der Waals surface area contributed by atoms with E-state index in [0.717, 1.165) is 45.2 Å². The van der Waals surface area contributed by atoms with Crippen LogP contribution in [0.4, 0.5) is 11.4 Å². The summed E-state index contributed by atoms with van der Waals surface area (Å²) < 4.78 is 0. The zero-order chi connectivity index (χ0) is 31.5. The number of anilines is 2. The maximum Gasteiger partial charge on any atom is 0.143 e. The lowest BCUT2D eigenvalue weighted by atomic mass is 9.77. The lowest BCUT2D eigenvalue weighted by Crippen LogP contribution is -2.49. The number of para-hydroxylation sites is 1. The van der Waals surface area contributed by atoms with E-state index in [4.69, 9.17) is 0 Å². The Morgan fingerprint density at radius 1 is 0.681 bits per heavy atom. The molecule has 0 saturated carbocycles. The van der Waals surface area contributed by atoms with Gasteiger partial charge in [0.1, 0.15) is 6.29 Å². The van der Waals surface area contributed by atoms with Crippen LogP contribution in [0.25, 0.3) is 32.3 Å².